The molecule has 0 spiro atoms. The second-order valence-corrected chi connectivity index (χ2v) is 2.54. The molecule has 12 heavy (non-hydrogen) atoms. The van der Waals surface area contributed by atoms with E-state index in [1.54, 1.807) is 0 Å². The van der Waals surface area contributed by atoms with Crippen LogP contribution in [0.1, 0.15) is 0 Å². The van der Waals surface area contributed by atoms with Gasteiger partial charge in [0.25, 0.3) is 0 Å². The summed E-state index contributed by atoms with van der Waals surface area (Å²) in [5.41, 5.74) is 0.252. The summed E-state index contributed by atoms with van der Waals surface area (Å²) in [7, 11) is 0. The van der Waals surface area contributed by atoms with Crippen LogP contribution in [0.3, 0.4) is 0 Å². The van der Waals surface area contributed by atoms with Crippen LogP contribution in [-0.2, 0) is 0 Å². The number of hydrogen-bond donors (Lipinski definition) is 1. The van der Waals surface area contributed by atoms with Gasteiger partial charge in [0.1, 0.15) is 23.9 Å². The van der Waals surface area contributed by atoms with Crippen molar-refractivity contribution in [3.63, 3.8) is 0 Å². The van der Waals surface area contributed by atoms with Crippen molar-refractivity contribution in [3.05, 3.63) is 23.8 Å². The van der Waals surface area contributed by atoms with Gasteiger partial charge in [-0.05, 0) is 0 Å². The van der Waals surface area contributed by atoms with Gasteiger partial charge in [-0.25, -0.2) is 8.78 Å². The Labute approximate surface area is 68.1 Å². The van der Waals surface area contributed by atoms with E-state index in [0.717, 1.165) is 6.07 Å². The predicted molar refractivity (Wildman–Crippen MR) is 40.3 cm³/mol. The van der Waals surface area contributed by atoms with Gasteiger partial charge < -0.3 is 10.1 Å². The highest BCUT2D eigenvalue weighted by Crippen LogP contribution is 2.30. The monoisotopic (exact) mass is 171 g/mol. The SMILES string of the molecule is Fc1cc(F)c2c(c1)OCCN2. The van der Waals surface area contributed by atoms with E-state index in [-0.39, 0.29) is 11.4 Å². The van der Waals surface area contributed by atoms with Gasteiger partial charge in [-0.3, -0.25) is 0 Å². The Hall–Kier alpha value is -1.32. The first kappa shape index (κ1) is 7.34. The molecule has 1 heterocycles. The van der Waals surface area contributed by atoms with Gasteiger partial charge in [0.2, 0.25) is 0 Å². The summed E-state index contributed by atoms with van der Waals surface area (Å²) < 4.78 is 30.6. The first-order chi connectivity index (χ1) is 5.77. The van der Waals surface area contributed by atoms with Crippen LogP contribution >= 0.6 is 0 Å². The third-order valence-corrected chi connectivity index (χ3v) is 1.68. The summed E-state index contributed by atoms with van der Waals surface area (Å²) in [6, 6.07) is 2.01. The Bertz CT molecular complexity index is 314. The number of ether oxygens (including phenoxy) is 1. The maximum absolute atomic E-state index is 12.9. The van der Waals surface area contributed by atoms with Crippen molar-refractivity contribution in [2.75, 3.05) is 18.5 Å². The average Bonchev–Trinajstić information content (AvgIpc) is 2.04. The van der Waals surface area contributed by atoms with Gasteiger partial charge >= 0.3 is 0 Å². The quantitative estimate of drug-likeness (QED) is 0.642. The molecule has 2 rings (SSSR count). The number of benzene rings is 1. The Morgan fingerprint density at radius 1 is 1.33 bits per heavy atom. The standard InChI is InChI=1S/C8H7F2NO/c9-5-3-6(10)8-7(4-5)12-2-1-11-8/h3-4,11H,1-2H2. The van der Waals surface area contributed by atoms with Gasteiger partial charge in [0.15, 0.2) is 5.82 Å². The van der Waals surface area contributed by atoms with Gasteiger partial charge in [0, 0.05) is 18.7 Å². The molecule has 2 nitrogen and oxygen atoms in total. The third kappa shape index (κ3) is 1.09. The molecular formula is C8H7F2NO. The lowest BCUT2D eigenvalue weighted by atomic mass is 10.2. The number of anilines is 1. The van der Waals surface area contributed by atoms with Crippen LogP contribution in [0.15, 0.2) is 12.1 Å². The van der Waals surface area contributed by atoms with Crippen molar-refractivity contribution >= 4 is 5.69 Å². The van der Waals surface area contributed by atoms with Crippen molar-refractivity contribution in [3.8, 4) is 5.75 Å². The predicted octanol–water partition coefficient (Wildman–Crippen LogP) is 1.77. The van der Waals surface area contributed by atoms with Crippen LogP contribution in [0.25, 0.3) is 0 Å². The van der Waals surface area contributed by atoms with Gasteiger partial charge in [-0.2, -0.15) is 0 Å². The van der Waals surface area contributed by atoms with Crippen LogP contribution in [0, 0.1) is 11.6 Å². The fourth-order valence-corrected chi connectivity index (χ4v) is 1.17. The molecule has 0 saturated heterocycles. The van der Waals surface area contributed by atoms with Crippen LogP contribution in [0.2, 0.25) is 0 Å². The van der Waals surface area contributed by atoms with E-state index in [9.17, 15) is 8.78 Å². The van der Waals surface area contributed by atoms with Crippen molar-refractivity contribution in [2.24, 2.45) is 0 Å². The van der Waals surface area contributed by atoms with E-state index in [1.807, 2.05) is 0 Å². The Balaban J connectivity index is 2.53. The molecule has 4 heteroatoms. The van der Waals surface area contributed by atoms with Crippen molar-refractivity contribution in [2.45, 2.75) is 0 Å². The summed E-state index contributed by atoms with van der Waals surface area (Å²) in [6.07, 6.45) is 0. The molecule has 1 aliphatic heterocycles. The Kier molecular flexibility index (Phi) is 1.60. The highest BCUT2D eigenvalue weighted by molar-refractivity contribution is 5.58. The summed E-state index contributed by atoms with van der Waals surface area (Å²) >= 11 is 0. The van der Waals surface area contributed by atoms with E-state index < -0.39 is 11.6 Å². The zero-order chi connectivity index (χ0) is 8.55. The molecule has 0 radical (unpaired) electrons. The van der Waals surface area contributed by atoms with Crippen LogP contribution in [0.5, 0.6) is 5.75 Å². The van der Waals surface area contributed by atoms with Gasteiger partial charge in [-0.15, -0.1) is 0 Å². The number of nitrogens with one attached hydrogen (secondary N) is 1. The smallest absolute Gasteiger partial charge is 0.153 e. The minimum absolute atomic E-state index is 0.249. The number of halogens is 2. The third-order valence-electron chi connectivity index (χ3n) is 1.68. The normalized spacial score (nSPS) is 14.5. The molecule has 0 fully saturated rings. The van der Waals surface area contributed by atoms with Crippen LogP contribution in [-0.4, -0.2) is 13.2 Å². The summed E-state index contributed by atoms with van der Waals surface area (Å²) in [6.45, 7) is 0.992. The van der Waals surface area contributed by atoms with Gasteiger partial charge in [0.05, 0.1) is 0 Å². The number of fused-ring (bicyclic) bond motifs is 1. The molecule has 1 N–H and O–H groups in total. The Morgan fingerprint density at radius 2 is 2.17 bits per heavy atom. The summed E-state index contributed by atoms with van der Waals surface area (Å²) in [4.78, 5) is 0. The minimum Gasteiger partial charge on any atom is -0.489 e. The molecule has 1 aliphatic rings. The van der Waals surface area contributed by atoms with Gasteiger partial charge in [-0.1, -0.05) is 0 Å². The van der Waals surface area contributed by atoms with Crippen molar-refractivity contribution in [1.29, 1.82) is 0 Å². The average molecular weight is 171 g/mol. The molecule has 64 valence electrons. The lowest BCUT2D eigenvalue weighted by Gasteiger charge is -2.19. The number of hydrogen-bond acceptors (Lipinski definition) is 2. The van der Waals surface area contributed by atoms with E-state index in [2.05, 4.69) is 5.32 Å². The second kappa shape index (κ2) is 2.62. The molecule has 1 aromatic carbocycles. The molecule has 0 bridgehead atoms. The fraction of sp³-hybridized carbons (Fsp3) is 0.250. The zero-order valence-electron chi connectivity index (χ0n) is 6.23. The molecule has 0 saturated carbocycles. The first-order valence-corrected chi connectivity index (χ1v) is 3.63. The highest BCUT2D eigenvalue weighted by atomic mass is 19.1. The van der Waals surface area contributed by atoms with E-state index >= 15 is 0 Å². The van der Waals surface area contributed by atoms with Crippen LogP contribution < -0.4 is 10.1 Å². The largest absolute Gasteiger partial charge is 0.489 e. The fourth-order valence-electron chi connectivity index (χ4n) is 1.17. The minimum atomic E-state index is -0.616. The first-order valence-electron chi connectivity index (χ1n) is 3.63. The summed E-state index contributed by atoms with van der Waals surface area (Å²) in [5.74, 6) is -0.974. The molecule has 0 aromatic heterocycles. The van der Waals surface area contributed by atoms with Crippen LogP contribution in [0.4, 0.5) is 14.5 Å². The highest BCUT2D eigenvalue weighted by Gasteiger charge is 2.15. The maximum atomic E-state index is 12.9. The second-order valence-electron chi connectivity index (χ2n) is 2.54. The van der Waals surface area contributed by atoms with E-state index in [1.165, 1.54) is 6.07 Å². The maximum Gasteiger partial charge on any atom is 0.153 e. The lowest BCUT2D eigenvalue weighted by molar-refractivity contribution is 0.318. The molecular weight excluding hydrogens is 164 g/mol. The molecule has 0 aliphatic carbocycles. The summed E-state index contributed by atoms with van der Waals surface area (Å²) in [5, 5.41) is 2.79. The molecule has 0 atom stereocenters. The lowest BCUT2D eigenvalue weighted by Crippen LogP contribution is -2.19. The number of rotatable bonds is 0. The topological polar surface area (TPSA) is 21.3 Å². The molecule has 0 unspecified atom stereocenters. The molecule has 0 amide bonds. The van der Waals surface area contributed by atoms with Crippen molar-refractivity contribution < 1.29 is 13.5 Å². The van der Waals surface area contributed by atoms with E-state index in [0.29, 0.717) is 13.2 Å². The zero-order valence-corrected chi connectivity index (χ0v) is 6.23. The Morgan fingerprint density at radius 3 is 3.00 bits per heavy atom. The van der Waals surface area contributed by atoms with E-state index in [4.69, 9.17) is 4.74 Å². The van der Waals surface area contributed by atoms with Crippen molar-refractivity contribution in [1.82, 2.24) is 0 Å². The molecule has 1 aromatic rings.